The van der Waals surface area contributed by atoms with Gasteiger partial charge >= 0.3 is 0 Å². The van der Waals surface area contributed by atoms with E-state index in [0.29, 0.717) is 11.3 Å². The number of nitrogens with one attached hydrogen (secondary N) is 3. The van der Waals surface area contributed by atoms with E-state index in [1.165, 1.54) is 24.3 Å². The summed E-state index contributed by atoms with van der Waals surface area (Å²) in [5.74, 6) is 1.51. The largest absolute Gasteiger partial charge is 0.349 e. The molecule has 0 saturated heterocycles. The molecule has 0 aromatic heterocycles. The van der Waals surface area contributed by atoms with Crippen molar-refractivity contribution < 1.29 is 18.0 Å². The van der Waals surface area contributed by atoms with Crippen molar-refractivity contribution in [2.24, 2.45) is 0 Å². The Morgan fingerprint density at radius 3 is 2.39 bits per heavy atom. The second-order valence-corrected chi connectivity index (χ2v) is 8.11. The quantitative estimate of drug-likeness (QED) is 0.619. The molecule has 0 atom stereocenters. The Kier molecular flexibility index (Phi) is 5.78. The summed E-state index contributed by atoms with van der Waals surface area (Å²) in [5.41, 5.74) is 1.04. The van der Waals surface area contributed by atoms with E-state index < -0.39 is 15.9 Å². The average molecular weight is 397 g/mol. The van der Waals surface area contributed by atoms with Crippen LogP contribution in [0.3, 0.4) is 0 Å². The molecule has 1 saturated carbocycles. The van der Waals surface area contributed by atoms with Crippen molar-refractivity contribution >= 4 is 27.5 Å². The van der Waals surface area contributed by atoms with Gasteiger partial charge in [-0.1, -0.05) is 18.1 Å². The molecular formula is C20H19N3O4S. The van der Waals surface area contributed by atoms with Crippen LogP contribution in [0.25, 0.3) is 0 Å². The zero-order valence-electron chi connectivity index (χ0n) is 14.9. The van der Waals surface area contributed by atoms with Crippen LogP contribution in [0.5, 0.6) is 0 Å². The smallest absolute Gasteiger partial charge is 0.255 e. The first kappa shape index (κ1) is 19.6. The first-order valence-corrected chi connectivity index (χ1v) is 10.1. The highest BCUT2D eigenvalue weighted by atomic mass is 32.2. The van der Waals surface area contributed by atoms with Gasteiger partial charge in [0, 0.05) is 22.9 Å². The summed E-state index contributed by atoms with van der Waals surface area (Å²) in [7, 11) is -3.80. The maximum Gasteiger partial charge on any atom is 0.255 e. The first-order valence-electron chi connectivity index (χ1n) is 8.64. The zero-order valence-corrected chi connectivity index (χ0v) is 15.8. The summed E-state index contributed by atoms with van der Waals surface area (Å²) in [6.45, 7) is -0.144. The number of anilines is 1. The van der Waals surface area contributed by atoms with Gasteiger partial charge in [0.25, 0.3) is 11.8 Å². The maximum atomic E-state index is 12.5. The van der Waals surface area contributed by atoms with Crippen LogP contribution in [0, 0.1) is 12.3 Å². The molecular weight excluding hydrogens is 378 g/mol. The fraction of sp³-hybridized carbons (Fsp3) is 0.200. The number of benzene rings is 2. The highest BCUT2D eigenvalue weighted by molar-refractivity contribution is 7.89. The molecule has 3 N–H and O–H groups in total. The van der Waals surface area contributed by atoms with Gasteiger partial charge in [0.05, 0.1) is 11.4 Å². The number of hydrogen-bond donors (Lipinski definition) is 3. The number of terminal acetylenes is 1. The van der Waals surface area contributed by atoms with Crippen LogP contribution >= 0.6 is 0 Å². The van der Waals surface area contributed by atoms with Crippen molar-refractivity contribution in [1.29, 1.82) is 0 Å². The molecule has 1 aliphatic rings. The van der Waals surface area contributed by atoms with Crippen molar-refractivity contribution in [3.63, 3.8) is 0 Å². The minimum Gasteiger partial charge on any atom is -0.349 e. The van der Waals surface area contributed by atoms with Crippen molar-refractivity contribution in [3.8, 4) is 12.3 Å². The lowest BCUT2D eigenvalue weighted by molar-refractivity contribution is 0.0949. The molecule has 28 heavy (non-hydrogen) atoms. The van der Waals surface area contributed by atoms with Gasteiger partial charge in [-0.05, 0) is 49.2 Å². The second kappa shape index (κ2) is 8.25. The minimum atomic E-state index is -3.80. The molecule has 1 fully saturated rings. The van der Waals surface area contributed by atoms with Gasteiger partial charge in [-0.25, -0.2) is 8.42 Å². The number of sulfonamides is 1. The summed E-state index contributed by atoms with van der Waals surface area (Å²) in [6.07, 6.45) is 7.04. The Bertz CT molecular complexity index is 1050. The van der Waals surface area contributed by atoms with Gasteiger partial charge in [-0.15, -0.1) is 6.42 Å². The van der Waals surface area contributed by atoms with E-state index in [1.54, 1.807) is 24.3 Å². The van der Waals surface area contributed by atoms with Gasteiger partial charge in [0.2, 0.25) is 10.0 Å². The molecule has 0 spiro atoms. The Labute approximate surface area is 163 Å². The number of carbonyl (C=O) groups excluding carboxylic acids is 2. The molecule has 2 aromatic carbocycles. The molecule has 2 amide bonds. The number of hydrogen-bond acceptors (Lipinski definition) is 4. The first-order chi connectivity index (χ1) is 13.4. The molecule has 0 aliphatic heterocycles. The molecule has 2 aromatic rings. The third-order valence-corrected chi connectivity index (χ3v) is 5.46. The molecule has 0 bridgehead atoms. The van der Waals surface area contributed by atoms with Crippen LogP contribution < -0.4 is 15.4 Å². The van der Waals surface area contributed by atoms with Crippen molar-refractivity contribution in [3.05, 3.63) is 59.7 Å². The molecule has 3 rings (SSSR count). The van der Waals surface area contributed by atoms with Crippen LogP contribution in [-0.2, 0) is 10.0 Å². The van der Waals surface area contributed by atoms with Gasteiger partial charge in [-0.2, -0.15) is 4.72 Å². The molecule has 0 heterocycles. The van der Waals surface area contributed by atoms with E-state index >= 15 is 0 Å². The SMILES string of the molecule is C#CCNS(=O)(=O)c1cccc(C(=O)Nc2cccc(C(=O)NC3CC3)c2)c1. The molecule has 1 aliphatic carbocycles. The van der Waals surface area contributed by atoms with Gasteiger partial charge in [0.15, 0.2) is 0 Å². The predicted octanol–water partition coefficient (Wildman–Crippen LogP) is 1.74. The van der Waals surface area contributed by atoms with E-state index in [4.69, 9.17) is 6.42 Å². The Hall–Kier alpha value is -3.15. The van der Waals surface area contributed by atoms with Gasteiger partial charge in [-0.3, -0.25) is 9.59 Å². The van der Waals surface area contributed by atoms with Gasteiger partial charge < -0.3 is 10.6 Å². The van der Waals surface area contributed by atoms with E-state index in [1.807, 2.05) is 0 Å². The topological polar surface area (TPSA) is 104 Å². The summed E-state index contributed by atoms with van der Waals surface area (Å²) in [6, 6.07) is 12.4. The standard InChI is InChI=1S/C20H19N3O4S/c1-2-11-21-28(26,27)18-8-4-6-15(13-18)20(25)23-17-7-3-5-14(12-17)19(24)22-16-9-10-16/h1,3-8,12-13,16,21H,9-11H2,(H,22,24)(H,23,25). The molecule has 0 unspecified atom stereocenters. The Morgan fingerprint density at radius 1 is 1.04 bits per heavy atom. The molecule has 144 valence electrons. The fourth-order valence-corrected chi connectivity index (χ4v) is 3.44. The summed E-state index contributed by atoms with van der Waals surface area (Å²) in [5, 5.41) is 5.56. The van der Waals surface area contributed by atoms with Crippen LogP contribution in [0.4, 0.5) is 5.69 Å². The van der Waals surface area contributed by atoms with E-state index in [2.05, 4.69) is 21.3 Å². The summed E-state index contributed by atoms with van der Waals surface area (Å²) >= 11 is 0. The Balaban J connectivity index is 1.74. The van der Waals surface area contributed by atoms with Crippen LogP contribution in [0.2, 0.25) is 0 Å². The number of rotatable bonds is 7. The lowest BCUT2D eigenvalue weighted by Crippen LogP contribution is -2.25. The second-order valence-electron chi connectivity index (χ2n) is 6.34. The van der Waals surface area contributed by atoms with Gasteiger partial charge in [0.1, 0.15) is 0 Å². The van der Waals surface area contributed by atoms with Crippen LogP contribution in [0.15, 0.2) is 53.4 Å². The minimum absolute atomic E-state index is 0.0621. The normalized spacial score (nSPS) is 13.4. The average Bonchev–Trinajstić information content (AvgIpc) is 3.50. The van der Waals surface area contributed by atoms with E-state index in [-0.39, 0.29) is 29.0 Å². The molecule has 7 nitrogen and oxygen atoms in total. The summed E-state index contributed by atoms with van der Waals surface area (Å²) < 4.78 is 26.5. The summed E-state index contributed by atoms with van der Waals surface area (Å²) in [4.78, 5) is 24.6. The lowest BCUT2D eigenvalue weighted by Gasteiger charge is -2.09. The fourth-order valence-electron chi connectivity index (χ4n) is 2.46. The predicted molar refractivity (Wildman–Crippen MR) is 105 cm³/mol. The number of carbonyl (C=O) groups is 2. The Morgan fingerprint density at radius 2 is 1.71 bits per heavy atom. The highest BCUT2D eigenvalue weighted by Gasteiger charge is 2.24. The van der Waals surface area contributed by atoms with Crippen molar-refractivity contribution in [1.82, 2.24) is 10.0 Å². The third-order valence-electron chi connectivity index (χ3n) is 4.07. The molecule has 0 radical (unpaired) electrons. The monoisotopic (exact) mass is 397 g/mol. The highest BCUT2D eigenvalue weighted by Crippen LogP contribution is 2.20. The van der Waals surface area contributed by atoms with E-state index in [9.17, 15) is 18.0 Å². The van der Waals surface area contributed by atoms with E-state index in [0.717, 1.165) is 12.8 Å². The zero-order chi connectivity index (χ0) is 20.1. The molecule has 8 heteroatoms. The lowest BCUT2D eigenvalue weighted by atomic mass is 10.1. The number of amides is 2. The van der Waals surface area contributed by atoms with Crippen molar-refractivity contribution in [2.45, 2.75) is 23.8 Å². The maximum absolute atomic E-state index is 12.5. The third kappa shape index (κ3) is 4.97. The van der Waals surface area contributed by atoms with Crippen molar-refractivity contribution in [2.75, 3.05) is 11.9 Å². The van der Waals surface area contributed by atoms with Crippen LogP contribution in [-0.4, -0.2) is 32.8 Å². The van der Waals surface area contributed by atoms with Crippen LogP contribution in [0.1, 0.15) is 33.6 Å².